The normalized spacial score (nSPS) is 17.6. The molecule has 0 aromatic heterocycles. The molecule has 3 rings (SSSR count). The second-order valence-electron chi connectivity index (χ2n) is 9.56. The molecule has 0 bridgehead atoms. The number of alkyl halides is 3. The van der Waals surface area contributed by atoms with Gasteiger partial charge in [-0.15, -0.1) is 0 Å². The molecule has 8 nitrogen and oxygen atoms in total. The number of hydrazine groups is 1. The Morgan fingerprint density at radius 2 is 1.62 bits per heavy atom. The van der Waals surface area contributed by atoms with Crippen LogP contribution in [0.1, 0.15) is 31.9 Å². The Morgan fingerprint density at radius 1 is 1.05 bits per heavy atom. The molecule has 3 atom stereocenters. The van der Waals surface area contributed by atoms with E-state index < -0.39 is 54.4 Å². The Kier molecular flexibility index (Phi) is 9.52. The van der Waals surface area contributed by atoms with Gasteiger partial charge < -0.3 is 14.7 Å². The molecule has 0 aliphatic carbocycles. The molecular weight excluding hydrogens is 515 g/mol. The van der Waals surface area contributed by atoms with E-state index in [9.17, 15) is 32.7 Å². The van der Waals surface area contributed by atoms with Gasteiger partial charge in [0.15, 0.2) is 6.10 Å². The average Bonchev–Trinajstić information content (AvgIpc) is 2.88. The smallest absolute Gasteiger partial charge is 0.382 e. The third kappa shape index (κ3) is 6.66. The van der Waals surface area contributed by atoms with Gasteiger partial charge >= 0.3 is 6.18 Å². The minimum atomic E-state index is -5.10. The standard InChI is InChI=1S/C28H32F3N3O5/c1-18(2)25-27(38)34(23(21-13-9-6-10-14-21)16-32(25)24(36)17-39-4)33(19(3)35)22(26(37)28(29,30)31)15-20-11-7-5-8-12-20/h5-14,16,18,22,25-26,37H,15,17H2,1-4H3/t22?,25-,26?/m1/s1. The lowest BCUT2D eigenvalue weighted by atomic mass is 9.96. The van der Waals surface area contributed by atoms with Crippen LogP contribution in [0.5, 0.6) is 0 Å². The monoisotopic (exact) mass is 547 g/mol. The number of carbonyl (C=O) groups is 3. The molecule has 3 amide bonds. The van der Waals surface area contributed by atoms with Crippen LogP contribution < -0.4 is 0 Å². The summed E-state index contributed by atoms with van der Waals surface area (Å²) in [5, 5.41) is 12.1. The number of aliphatic hydroxyl groups is 1. The van der Waals surface area contributed by atoms with Gasteiger partial charge in [0.05, 0.1) is 11.7 Å². The SMILES string of the molecule is COCC(=O)N1C=C(c2ccccc2)N(N(C(C)=O)C(Cc2ccccc2)C(O)C(F)(F)F)C(=O)[C@H]1C(C)C. The number of methoxy groups -OCH3 is 1. The van der Waals surface area contributed by atoms with E-state index >= 15 is 0 Å². The van der Waals surface area contributed by atoms with Crippen molar-refractivity contribution < 1.29 is 37.4 Å². The van der Waals surface area contributed by atoms with Crippen LogP contribution in [-0.4, -0.2) is 75.8 Å². The molecular formula is C28H32F3N3O5. The number of hydrogen-bond donors (Lipinski definition) is 1. The van der Waals surface area contributed by atoms with E-state index in [1.807, 2.05) is 0 Å². The maximum Gasteiger partial charge on any atom is 0.416 e. The maximum absolute atomic E-state index is 14.1. The van der Waals surface area contributed by atoms with Gasteiger partial charge in [0.25, 0.3) is 11.8 Å². The van der Waals surface area contributed by atoms with Crippen LogP contribution in [0.25, 0.3) is 5.70 Å². The van der Waals surface area contributed by atoms with Crippen molar-refractivity contribution in [3.63, 3.8) is 0 Å². The van der Waals surface area contributed by atoms with Crippen molar-refractivity contribution in [1.29, 1.82) is 0 Å². The van der Waals surface area contributed by atoms with Gasteiger partial charge in [0, 0.05) is 25.8 Å². The van der Waals surface area contributed by atoms with Crippen molar-refractivity contribution in [3.05, 3.63) is 78.0 Å². The zero-order chi connectivity index (χ0) is 28.9. The summed E-state index contributed by atoms with van der Waals surface area (Å²) in [7, 11) is 1.33. The van der Waals surface area contributed by atoms with Gasteiger partial charge in [-0.2, -0.15) is 13.2 Å². The second-order valence-corrected chi connectivity index (χ2v) is 9.56. The zero-order valence-corrected chi connectivity index (χ0v) is 22.1. The Labute approximate surface area is 225 Å². The largest absolute Gasteiger partial charge is 0.416 e. The topological polar surface area (TPSA) is 90.4 Å². The minimum Gasteiger partial charge on any atom is -0.382 e. The molecule has 39 heavy (non-hydrogen) atoms. The van der Waals surface area contributed by atoms with Crippen molar-refractivity contribution in [2.75, 3.05) is 13.7 Å². The molecule has 0 saturated carbocycles. The fourth-order valence-corrected chi connectivity index (χ4v) is 4.62. The number of hydrogen-bond acceptors (Lipinski definition) is 5. The number of ether oxygens (including phenoxy) is 1. The van der Waals surface area contributed by atoms with Gasteiger partial charge in [-0.25, -0.2) is 10.0 Å². The number of rotatable bonds is 9. The van der Waals surface area contributed by atoms with E-state index in [1.54, 1.807) is 74.5 Å². The summed E-state index contributed by atoms with van der Waals surface area (Å²) < 4.78 is 47.0. The van der Waals surface area contributed by atoms with Crippen molar-refractivity contribution in [2.24, 2.45) is 5.92 Å². The number of aliphatic hydroxyl groups excluding tert-OH is 1. The minimum absolute atomic E-state index is 0.00425. The molecule has 2 aromatic carbocycles. The Hall–Kier alpha value is -3.70. The summed E-state index contributed by atoms with van der Waals surface area (Å²) in [6, 6.07) is 13.2. The summed E-state index contributed by atoms with van der Waals surface area (Å²) in [6.45, 7) is 4.05. The number of benzene rings is 2. The van der Waals surface area contributed by atoms with Crippen LogP contribution in [0.15, 0.2) is 66.9 Å². The van der Waals surface area contributed by atoms with Gasteiger partial charge in [-0.1, -0.05) is 74.5 Å². The van der Waals surface area contributed by atoms with Crippen molar-refractivity contribution in [3.8, 4) is 0 Å². The molecule has 1 aliphatic heterocycles. The van der Waals surface area contributed by atoms with Gasteiger partial charge in [0.1, 0.15) is 12.6 Å². The fourth-order valence-electron chi connectivity index (χ4n) is 4.62. The lowest BCUT2D eigenvalue weighted by Gasteiger charge is -2.48. The maximum atomic E-state index is 14.1. The Bertz CT molecular complexity index is 1190. The summed E-state index contributed by atoms with van der Waals surface area (Å²) in [6.07, 6.45) is -7.12. The highest BCUT2D eigenvalue weighted by Gasteiger charge is 2.51. The predicted octanol–water partition coefficient (Wildman–Crippen LogP) is 3.62. The lowest BCUT2D eigenvalue weighted by Crippen LogP contribution is -2.65. The van der Waals surface area contributed by atoms with Crippen molar-refractivity contribution in [1.82, 2.24) is 14.9 Å². The molecule has 210 valence electrons. The van der Waals surface area contributed by atoms with E-state index in [4.69, 9.17) is 4.74 Å². The molecule has 1 N–H and O–H groups in total. The highest BCUT2D eigenvalue weighted by atomic mass is 19.4. The number of amides is 3. The van der Waals surface area contributed by atoms with E-state index in [2.05, 4.69) is 0 Å². The average molecular weight is 548 g/mol. The third-order valence-corrected chi connectivity index (χ3v) is 6.35. The van der Waals surface area contributed by atoms with Crippen LogP contribution >= 0.6 is 0 Å². The number of carbonyl (C=O) groups excluding carboxylic acids is 3. The summed E-state index contributed by atoms with van der Waals surface area (Å²) in [4.78, 5) is 41.5. The van der Waals surface area contributed by atoms with Crippen LogP contribution in [0.2, 0.25) is 0 Å². The summed E-state index contributed by atoms with van der Waals surface area (Å²) >= 11 is 0. The molecule has 11 heteroatoms. The molecule has 0 radical (unpaired) electrons. The fraction of sp³-hybridized carbons (Fsp3) is 0.393. The zero-order valence-electron chi connectivity index (χ0n) is 22.1. The summed E-state index contributed by atoms with van der Waals surface area (Å²) in [5.41, 5.74) is 0.795. The Balaban J connectivity index is 2.27. The van der Waals surface area contributed by atoms with Gasteiger partial charge in [-0.05, 0) is 17.9 Å². The van der Waals surface area contributed by atoms with Crippen molar-refractivity contribution in [2.45, 2.75) is 51.6 Å². The molecule has 0 spiro atoms. The highest BCUT2D eigenvalue weighted by molar-refractivity contribution is 5.98. The lowest BCUT2D eigenvalue weighted by molar-refractivity contribution is -0.232. The molecule has 2 aromatic rings. The number of nitrogens with zero attached hydrogens (tertiary/aromatic N) is 3. The van der Waals surface area contributed by atoms with E-state index in [1.165, 1.54) is 18.2 Å². The molecule has 2 unspecified atom stereocenters. The summed E-state index contributed by atoms with van der Waals surface area (Å²) in [5.74, 6) is -2.71. The first kappa shape index (κ1) is 29.9. The Morgan fingerprint density at radius 3 is 2.10 bits per heavy atom. The first-order valence-electron chi connectivity index (χ1n) is 12.4. The second kappa shape index (κ2) is 12.4. The van der Waals surface area contributed by atoms with Crippen LogP contribution in [0.4, 0.5) is 13.2 Å². The molecule has 1 heterocycles. The molecule has 1 aliphatic rings. The van der Waals surface area contributed by atoms with E-state index in [-0.39, 0.29) is 12.3 Å². The highest BCUT2D eigenvalue weighted by Crippen LogP contribution is 2.35. The first-order chi connectivity index (χ1) is 18.4. The van der Waals surface area contributed by atoms with Crippen LogP contribution in [0.3, 0.4) is 0 Å². The first-order valence-corrected chi connectivity index (χ1v) is 12.4. The van der Waals surface area contributed by atoms with E-state index in [0.29, 0.717) is 16.1 Å². The van der Waals surface area contributed by atoms with Gasteiger partial charge in [0.2, 0.25) is 5.91 Å². The third-order valence-electron chi connectivity index (χ3n) is 6.35. The van der Waals surface area contributed by atoms with Crippen molar-refractivity contribution >= 4 is 23.4 Å². The van der Waals surface area contributed by atoms with E-state index in [0.717, 1.165) is 11.9 Å². The van der Waals surface area contributed by atoms with Gasteiger partial charge in [-0.3, -0.25) is 14.4 Å². The molecule has 0 fully saturated rings. The van der Waals surface area contributed by atoms with Crippen LogP contribution in [-0.2, 0) is 25.5 Å². The number of halogens is 3. The molecule has 0 saturated heterocycles. The predicted molar refractivity (Wildman–Crippen MR) is 137 cm³/mol. The van der Waals surface area contributed by atoms with Crippen LogP contribution in [0, 0.1) is 5.92 Å². The quantitative estimate of drug-likeness (QED) is 0.518.